The average Bonchev–Trinajstić information content (AvgIpc) is 2.45. The number of ether oxygens (including phenoxy) is 1. The Balaban J connectivity index is 3.04. The number of nitrogens with two attached hydrogens (primary N) is 1. The first-order valence-electron chi connectivity index (χ1n) is 5.57. The summed E-state index contributed by atoms with van der Waals surface area (Å²) in [6.07, 6.45) is 1.61. The number of benzene rings is 1. The van der Waals surface area contributed by atoms with E-state index in [-0.39, 0.29) is 5.84 Å². The van der Waals surface area contributed by atoms with E-state index in [1.807, 2.05) is 6.07 Å². The SMILES string of the molecule is [B]/C(=C/C(=C)c1cccc(C(=O)OC)c1)C(N)=NC. The van der Waals surface area contributed by atoms with Crippen molar-refractivity contribution in [2.24, 2.45) is 10.7 Å². The summed E-state index contributed by atoms with van der Waals surface area (Å²) in [7, 11) is 8.63. The van der Waals surface area contributed by atoms with Gasteiger partial charge >= 0.3 is 5.97 Å². The van der Waals surface area contributed by atoms with Crippen LogP contribution in [0.3, 0.4) is 0 Å². The van der Waals surface area contributed by atoms with E-state index in [4.69, 9.17) is 13.6 Å². The Morgan fingerprint density at radius 3 is 2.68 bits per heavy atom. The lowest BCUT2D eigenvalue weighted by Gasteiger charge is -2.06. The van der Waals surface area contributed by atoms with E-state index in [9.17, 15) is 4.79 Å². The molecule has 0 aromatic heterocycles. The van der Waals surface area contributed by atoms with Crippen molar-refractivity contribution in [2.75, 3.05) is 14.2 Å². The van der Waals surface area contributed by atoms with Gasteiger partial charge < -0.3 is 10.5 Å². The number of hydrogen-bond donors (Lipinski definition) is 1. The highest BCUT2D eigenvalue weighted by Gasteiger charge is 2.06. The lowest BCUT2D eigenvalue weighted by molar-refractivity contribution is 0.0600. The quantitative estimate of drug-likeness (QED) is 0.291. The maximum Gasteiger partial charge on any atom is 0.337 e. The van der Waals surface area contributed by atoms with Gasteiger partial charge in [-0.15, -0.1) is 0 Å². The van der Waals surface area contributed by atoms with Gasteiger partial charge in [0.1, 0.15) is 13.7 Å². The van der Waals surface area contributed by atoms with E-state index in [0.29, 0.717) is 16.6 Å². The number of rotatable bonds is 4. The Kier molecular flexibility index (Phi) is 5.12. The predicted octanol–water partition coefficient (Wildman–Crippen LogP) is 1.53. The number of hydrogen-bond acceptors (Lipinski definition) is 3. The van der Waals surface area contributed by atoms with E-state index in [0.717, 1.165) is 5.56 Å². The largest absolute Gasteiger partial charge is 0.465 e. The lowest BCUT2D eigenvalue weighted by atomic mass is 9.90. The van der Waals surface area contributed by atoms with Gasteiger partial charge in [-0.1, -0.05) is 30.3 Å². The molecule has 1 aromatic carbocycles. The van der Waals surface area contributed by atoms with Crippen molar-refractivity contribution in [3.8, 4) is 0 Å². The number of carbonyl (C=O) groups is 1. The summed E-state index contributed by atoms with van der Waals surface area (Å²) in [5, 5.41) is 0. The predicted molar refractivity (Wildman–Crippen MR) is 78.2 cm³/mol. The molecule has 96 valence electrons. The van der Waals surface area contributed by atoms with E-state index in [2.05, 4.69) is 16.3 Å². The molecule has 2 radical (unpaired) electrons. The van der Waals surface area contributed by atoms with Crippen LogP contribution in [0.4, 0.5) is 0 Å². The molecule has 0 amide bonds. The molecule has 0 spiro atoms. The summed E-state index contributed by atoms with van der Waals surface area (Å²) < 4.78 is 4.66. The van der Waals surface area contributed by atoms with Crippen LogP contribution in [0.5, 0.6) is 0 Å². The van der Waals surface area contributed by atoms with Gasteiger partial charge in [-0.25, -0.2) is 4.79 Å². The maximum absolute atomic E-state index is 11.4. The first kappa shape index (κ1) is 14.8. The number of nitrogens with zero attached hydrogens (tertiary/aromatic N) is 1. The molecule has 0 aliphatic heterocycles. The van der Waals surface area contributed by atoms with Crippen LogP contribution in [-0.2, 0) is 4.74 Å². The molecule has 5 heteroatoms. The van der Waals surface area contributed by atoms with Gasteiger partial charge in [0, 0.05) is 7.05 Å². The lowest BCUT2D eigenvalue weighted by Crippen LogP contribution is -2.14. The number of methoxy groups -OCH3 is 1. The molecule has 0 saturated carbocycles. The van der Waals surface area contributed by atoms with Gasteiger partial charge in [-0.3, -0.25) is 4.99 Å². The minimum Gasteiger partial charge on any atom is -0.465 e. The summed E-state index contributed by atoms with van der Waals surface area (Å²) >= 11 is 0. The summed E-state index contributed by atoms with van der Waals surface area (Å²) in [6.45, 7) is 3.89. The molecular weight excluding hydrogens is 239 g/mol. The number of allylic oxidation sites excluding steroid dienone is 2. The third-order valence-corrected chi connectivity index (χ3v) is 2.52. The van der Waals surface area contributed by atoms with E-state index < -0.39 is 5.97 Å². The maximum atomic E-state index is 11.4. The van der Waals surface area contributed by atoms with Crippen molar-refractivity contribution in [1.29, 1.82) is 0 Å². The molecule has 0 heterocycles. The van der Waals surface area contributed by atoms with E-state index >= 15 is 0 Å². The number of aliphatic imine (C=N–C) groups is 1. The standard InChI is InChI=1S/C14H15BN2O2/c1-9(7-12(15)13(16)17-2)10-5-4-6-11(8-10)14(18)19-3/h4-8H,1H2,2-3H3,(H2,16,17)/b12-7+. The molecule has 0 unspecified atom stereocenters. The van der Waals surface area contributed by atoms with Gasteiger partial charge in [0.15, 0.2) is 0 Å². The summed E-state index contributed by atoms with van der Waals surface area (Å²) in [4.78, 5) is 15.2. The zero-order valence-electron chi connectivity index (χ0n) is 11.0. The molecule has 2 N–H and O–H groups in total. The molecule has 1 rings (SSSR count). The molecule has 0 aliphatic rings. The minimum absolute atomic E-state index is 0.241. The van der Waals surface area contributed by atoms with Crippen molar-refractivity contribution in [3.63, 3.8) is 0 Å². The molecular formula is C14H15BN2O2. The van der Waals surface area contributed by atoms with Crippen molar-refractivity contribution >= 4 is 25.2 Å². The fourth-order valence-electron chi connectivity index (χ4n) is 1.44. The molecule has 0 bridgehead atoms. The van der Waals surface area contributed by atoms with Gasteiger partial charge in [0.25, 0.3) is 0 Å². The van der Waals surface area contributed by atoms with Crippen LogP contribution in [0.2, 0.25) is 0 Å². The second kappa shape index (κ2) is 6.59. The normalized spacial score (nSPS) is 12.1. The average molecular weight is 254 g/mol. The fraction of sp³-hybridized carbons (Fsp3) is 0.143. The van der Waals surface area contributed by atoms with Gasteiger partial charge in [-0.2, -0.15) is 0 Å². The Morgan fingerprint density at radius 2 is 2.11 bits per heavy atom. The molecule has 19 heavy (non-hydrogen) atoms. The highest BCUT2D eigenvalue weighted by atomic mass is 16.5. The van der Waals surface area contributed by atoms with Crippen molar-refractivity contribution in [2.45, 2.75) is 0 Å². The van der Waals surface area contributed by atoms with Crippen molar-refractivity contribution in [3.05, 3.63) is 53.5 Å². The highest BCUT2D eigenvalue weighted by molar-refractivity contribution is 6.38. The van der Waals surface area contributed by atoms with Crippen LogP contribution >= 0.6 is 0 Å². The molecule has 0 aliphatic carbocycles. The number of amidine groups is 1. The third kappa shape index (κ3) is 3.84. The molecule has 4 nitrogen and oxygen atoms in total. The highest BCUT2D eigenvalue weighted by Crippen LogP contribution is 2.17. The third-order valence-electron chi connectivity index (χ3n) is 2.52. The molecule has 0 atom stereocenters. The number of carbonyl (C=O) groups excluding carboxylic acids is 1. The van der Waals surface area contributed by atoms with E-state index in [1.165, 1.54) is 7.11 Å². The molecule has 1 aromatic rings. The van der Waals surface area contributed by atoms with Crippen LogP contribution in [0.15, 0.2) is 47.4 Å². The second-order valence-electron chi connectivity index (χ2n) is 3.81. The Hall–Kier alpha value is -2.30. The zero-order chi connectivity index (χ0) is 14.4. The zero-order valence-corrected chi connectivity index (χ0v) is 11.0. The topological polar surface area (TPSA) is 64.7 Å². The van der Waals surface area contributed by atoms with Crippen LogP contribution in [0.25, 0.3) is 5.57 Å². The van der Waals surface area contributed by atoms with Crippen LogP contribution in [-0.4, -0.2) is 33.8 Å². The van der Waals surface area contributed by atoms with E-state index in [1.54, 1.807) is 31.3 Å². The summed E-state index contributed by atoms with van der Waals surface area (Å²) in [6, 6.07) is 6.90. The van der Waals surface area contributed by atoms with Crippen LogP contribution < -0.4 is 5.73 Å². The van der Waals surface area contributed by atoms with Crippen molar-refractivity contribution < 1.29 is 9.53 Å². The van der Waals surface area contributed by atoms with Gasteiger partial charge in [0.2, 0.25) is 0 Å². The first-order valence-corrected chi connectivity index (χ1v) is 5.57. The Bertz CT molecular complexity index is 562. The van der Waals surface area contributed by atoms with Crippen LogP contribution in [0, 0.1) is 0 Å². The van der Waals surface area contributed by atoms with Crippen LogP contribution in [0.1, 0.15) is 15.9 Å². The smallest absolute Gasteiger partial charge is 0.337 e. The Labute approximate surface area is 114 Å². The number of esters is 1. The summed E-state index contributed by atoms with van der Waals surface area (Å²) in [5.74, 6) is -0.161. The first-order chi connectivity index (χ1) is 8.99. The monoisotopic (exact) mass is 254 g/mol. The fourth-order valence-corrected chi connectivity index (χ4v) is 1.44. The van der Waals surface area contributed by atoms with Crippen molar-refractivity contribution in [1.82, 2.24) is 0 Å². The second-order valence-corrected chi connectivity index (χ2v) is 3.81. The molecule has 0 saturated heterocycles. The van der Waals surface area contributed by atoms with Gasteiger partial charge in [0.05, 0.1) is 12.7 Å². The minimum atomic E-state index is -0.402. The Morgan fingerprint density at radius 1 is 1.47 bits per heavy atom. The molecule has 0 fully saturated rings. The van der Waals surface area contributed by atoms with Gasteiger partial charge in [-0.05, 0) is 23.3 Å². The summed E-state index contributed by atoms with van der Waals surface area (Å²) in [5.41, 5.74) is 7.76.